The quantitative estimate of drug-likeness (QED) is 0.179. The van der Waals surface area contributed by atoms with E-state index in [9.17, 15) is 0 Å². The van der Waals surface area contributed by atoms with Crippen molar-refractivity contribution in [3.05, 3.63) is 205 Å². The molecule has 2 N–H and O–H groups in total. The fraction of sp³-hybridized carbons (Fsp3) is 0.0392. The maximum absolute atomic E-state index is 6.51. The van der Waals surface area contributed by atoms with Crippen molar-refractivity contribution in [3.8, 4) is 33.4 Å². The molecule has 2 aromatic heterocycles. The maximum Gasteiger partial charge on any atom is 0.136 e. The molecule has 0 bridgehead atoms. The van der Waals surface area contributed by atoms with Gasteiger partial charge in [0.25, 0.3) is 0 Å². The number of fused-ring (bicyclic) bond motifs is 6. The van der Waals surface area contributed by atoms with Crippen molar-refractivity contribution < 1.29 is 8.83 Å². The Bertz CT molecular complexity index is 3070. The Hall–Kier alpha value is -7.21. The third kappa shape index (κ3) is 5.56. The van der Waals surface area contributed by atoms with Gasteiger partial charge >= 0.3 is 0 Å². The molecule has 0 saturated carbocycles. The predicted molar refractivity (Wildman–Crippen MR) is 228 cm³/mol. The summed E-state index contributed by atoms with van der Waals surface area (Å²) in [6.07, 6.45) is -0.595. The summed E-state index contributed by atoms with van der Waals surface area (Å²) in [7, 11) is 0. The van der Waals surface area contributed by atoms with Crippen LogP contribution >= 0.6 is 0 Å². The Kier molecular flexibility index (Phi) is 7.64. The summed E-state index contributed by atoms with van der Waals surface area (Å²) in [6, 6.07) is 65.7. The Labute approximate surface area is 323 Å². The zero-order valence-electron chi connectivity index (χ0n) is 30.3. The number of hydrogen-bond acceptors (Lipinski definition) is 5. The molecule has 0 radical (unpaired) electrons. The number of rotatable bonds is 6. The number of aliphatic imine (C=N–C) groups is 1. The number of benzene rings is 8. The van der Waals surface area contributed by atoms with Crippen LogP contribution in [0.1, 0.15) is 29.0 Å². The van der Waals surface area contributed by atoms with Crippen LogP contribution in [0.5, 0.6) is 0 Å². The molecule has 56 heavy (non-hydrogen) atoms. The lowest BCUT2D eigenvalue weighted by Gasteiger charge is -2.32. The average Bonchev–Trinajstić information content (AvgIpc) is 3.85. The standard InChI is InChI=1S/C51H35N3O2/c1-4-12-32(13-5-1)34-22-24-35(25-23-34)38-27-29-44-42(31-38)48-40(19-11-21-46(48)56-44)51-53-49(36-16-8-3-9-17-36)52-50(54-51)39-18-10-20-45-47(39)41-30-37(26-28-43(41)55-45)33-14-6-2-7-15-33/h1-31,49-50,52H,(H,53,54). The van der Waals surface area contributed by atoms with Crippen LogP contribution in [-0.4, -0.2) is 5.84 Å². The largest absolute Gasteiger partial charge is 0.456 e. The molecule has 0 fully saturated rings. The van der Waals surface area contributed by atoms with Gasteiger partial charge in [0.2, 0.25) is 0 Å². The number of furan rings is 2. The summed E-state index contributed by atoms with van der Waals surface area (Å²) in [4.78, 5) is 5.37. The first-order chi connectivity index (χ1) is 27.7. The van der Waals surface area contributed by atoms with E-state index in [0.29, 0.717) is 0 Å². The molecule has 2 unspecified atom stereocenters. The molecule has 1 aliphatic rings. The van der Waals surface area contributed by atoms with Gasteiger partial charge in [-0.1, -0.05) is 152 Å². The van der Waals surface area contributed by atoms with Gasteiger partial charge in [-0.25, -0.2) is 4.99 Å². The van der Waals surface area contributed by atoms with Gasteiger partial charge < -0.3 is 14.2 Å². The first kappa shape index (κ1) is 32.2. The lowest BCUT2D eigenvalue weighted by Crippen LogP contribution is -2.45. The molecular weight excluding hydrogens is 687 g/mol. The summed E-state index contributed by atoms with van der Waals surface area (Å²) in [5.74, 6) is 0.795. The van der Waals surface area contributed by atoms with Gasteiger partial charge in [0.05, 0.1) is 0 Å². The fourth-order valence-corrected chi connectivity index (χ4v) is 8.26. The molecular formula is C51H35N3O2. The lowest BCUT2D eigenvalue weighted by atomic mass is 9.97. The van der Waals surface area contributed by atoms with Crippen LogP contribution in [0.15, 0.2) is 202 Å². The zero-order chi connectivity index (χ0) is 37.0. The summed E-state index contributed by atoms with van der Waals surface area (Å²) >= 11 is 0. The highest BCUT2D eigenvalue weighted by molar-refractivity contribution is 6.19. The molecule has 11 rings (SSSR count). The van der Waals surface area contributed by atoms with E-state index in [0.717, 1.165) is 83.1 Å². The molecule has 2 atom stereocenters. The molecule has 3 heterocycles. The minimum atomic E-state index is -0.308. The van der Waals surface area contributed by atoms with Crippen molar-refractivity contribution in [1.29, 1.82) is 0 Å². The van der Waals surface area contributed by atoms with Gasteiger partial charge in [-0.3, -0.25) is 5.32 Å². The van der Waals surface area contributed by atoms with E-state index in [1.165, 1.54) is 16.7 Å². The summed E-state index contributed by atoms with van der Waals surface area (Å²) in [5.41, 5.74) is 13.5. The van der Waals surface area contributed by atoms with E-state index < -0.39 is 0 Å². The van der Waals surface area contributed by atoms with Gasteiger partial charge in [0, 0.05) is 32.7 Å². The van der Waals surface area contributed by atoms with Crippen LogP contribution in [0.25, 0.3) is 77.3 Å². The molecule has 8 aromatic carbocycles. The van der Waals surface area contributed by atoms with Crippen LogP contribution in [0.2, 0.25) is 0 Å². The number of hydrogen-bond donors (Lipinski definition) is 2. The third-order valence-corrected chi connectivity index (χ3v) is 11.0. The molecule has 0 spiro atoms. The third-order valence-electron chi connectivity index (χ3n) is 11.0. The second-order valence-electron chi connectivity index (χ2n) is 14.4. The second-order valence-corrected chi connectivity index (χ2v) is 14.4. The average molecular weight is 722 g/mol. The van der Waals surface area contributed by atoms with Gasteiger partial charge in [0.15, 0.2) is 0 Å². The summed E-state index contributed by atoms with van der Waals surface area (Å²) in [5, 5.41) is 11.9. The van der Waals surface area contributed by atoms with Crippen molar-refractivity contribution >= 4 is 49.7 Å². The summed E-state index contributed by atoms with van der Waals surface area (Å²) < 4.78 is 13.0. The van der Waals surface area contributed by atoms with Crippen LogP contribution < -0.4 is 10.6 Å². The van der Waals surface area contributed by atoms with E-state index in [4.69, 9.17) is 13.8 Å². The lowest BCUT2D eigenvalue weighted by molar-refractivity contribution is 0.411. The molecule has 0 aliphatic carbocycles. The van der Waals surface area contributed by atoms with Crippen LogP contribution in [0.3, 0.4) is 0 Å². The van der Waals surface area contributed by atoms with E-state index in [1.54, 1.807) is 0 Å². The van der Waals surface area contributed by atoms with Gasteiger partial charge in [0.1, 0.15) is 40.5 Å². The summed E-state index contributed by atoms with van der Waals surface area (Å²) in [6.45, 7) is 0. The van der Waals surface area contributed by atoms with Crippen molar-refractivity contribution in [2.75, 3.05) is 0 Å². The molecule has 0 amide bonds. The number of nitrogens with zero attached hydrogens (tertiary/aromatic N) is 1. The molecule has 5 nitrogen and oxygen atoms in total. The zero-order valence-corrected chi connectivity index (χ0v) is 30.3. The van der Waals surface area contributed by atoms with E-state index in [1.807, 2.05) is 24.3 Å². The number of nitrogens with one attached hydrogen (secondary N) is 2. The maximum atomic E-state index is 6.51. The first-order valence-electron chi connectivity index (χ1n) is 19.0. The highest BCUT2D eigenvalue weighted by Crippen LogP contribution is 2.40. The van der Waals surface area contributed by atoms with E-state index in [2.05, 4.69) is 174 Å². The first-order valence-corrected chi connectivity index (χ1v) is 19.0. The molecule has 10 aromatic rings. The molecule has 5 heteroatoms. The van der Waals surface area contributed by atoms with Crippen molar-refractivity contribution in [1.82, 2.24) is 10.6 Å². The van der Waals surface area contributed by atoms with Crippen LogP contribution in [0.4, 0.5) is 0 Å². The van der Waals surface area contributed by atoms with Crippen molar-refractivity contribution in [2.45, 2.75) is 12.3 Å². The minimum Gasteiger partial charge on any atom is -0.456 e. The van der Waals surface area contributed by atoms with E-state index >= 15 is 0 Å². The van der Waals surface area contributed by atoms with Crippen molar-refractivity contribution in [2.24, 2.45) is 4.99 Å². The van der Waals surface area contributed by atoms with Gasteiger partial charge in [-0.2, -0.15) is 0 Å². The SMILES string of the molecule is c1ccc(-c2ccc(-c3ccc4oc5cccc(C6=NC(c7ccccc7)NC(c7cccc8oc9ccc(-c%10ccccc%10)cc9c78)N6)c5c4c3)cc2)cc1. The predicted octanol–water partition coefficient (Wildman–Crippen LogP) is 12.8. The van der Waals surface area contributed by atoms with Gasteiger partial charge in [-0.15, -0.1) is 0 Å². The molecule has 1 aliphatic heterocycles. The smallest absolute Gasteiger partial charge is 0.136 e. The highest BCUT2D eigenvalue weighted by atomic mass is 16.3. The molecule has 0 saturated heterocycles. The normalized spacial score (nSPS) is 15.7. The number of amidine groups is 1. The second kappa shape index (κ2) is 13.3. The Balaban J connectivity index is 1.04. The van der Waals surface area contributed by atoms with Gasteiger partial charge in [-0.05, 0) is 75.3 Å². The Morgan fingerprint density at radius 1 is 0.411 bits per heavy atom. The minimum absolute atomic E-state index is 0.287. The monoisotopic (exact) mass is 721 g/mol. The van der Waals surface area contributed by atoms with Crippen molar-refractivity contribution in [3.63, 3.8) is 0 Å². The fourth-order valence-electron chi connectivity index (χ4n) is 8.26. The van der Waals surface area contributed by atoms with E-state index in [-0.39, 0.29) is 12.3 Å². The van der Waals surface area contributed by atoms with Crippen LogP contribution in [-0.2, 0) is 0 Å². The van der Waals surface area contributed by atoms with Crippen LogP contribution in [0, 0.1) is 0 Å². The topological polar surface area (TPSA) is 62.7 Å². The molecule has 266 valence electrons. The Morgan fingerprint density at radius 2 is 0.911 bits per heavy atom. The highest BCUT2D eigenvalue weighted by Gasteiger charge is 2.29. The Morgan fingerprint density at radius 3 is 1.55 bits per heavy atom.